The molecule has 0 aliphatic carbocycles. The number of nitrogens with one attached hydrogen (secondary N) is 2. The minimum Gasteiger partial charge on any atom is -0.476 e. The second kappa shape index (κ2) is 11.4. The van der Waals surface area contributed by atoms with Gasteiger partial charge in [-0.2, -0.15) is 0 Å². The first-order chi connectivity index (χ1) is 18.6. The third-order valence-electron chi connectivity index (χ3n) is 6.37. The molecule has 0 aliphatic heterocycles. The zero-order chi connectivity index (χ0) is 28.3. The van der Waals surface area contributed by atoms with Crippen LogP contribution >= 0.6 is 0 Å². The third kappa shape index (κ3) is 5.92. The first-order valence-electron chi connectivity index (χ1n) is 12.3. The Kier molecular flexibility index (Phi) is 7.99. The molecule has 4 rings (SSSR count). The standard InChI is InChI=1S/C28H29FN4O6/c1-15(2)23(28(37)39-32-20-11-7-6-10-19(20)29)25(34)30-21(26-31-24(27(35)36)16(3)38-26)13-17-14-33(4)22-12-8-5-9-18(17)22/h5-12,14-15,21,23,32H,13H2,1-4H3,(H,30,34)(H,35,36)/t21-,23+/m1/s1. The van der Waals surface area contributed by atoms with E-state index in [1.807, 2.05) is 42.1 Å². The number of rotatable bonds is 10. The third-order valence-corrected chi connectivity index (χ3v) is 6.37. The number of nitrogens with zero attached hydrogens (tertiary/aromatic N) is 2. The molecule has 2 aromatic carbocycles. The molecule has 0 aliphatic rings. The number of carboxylic acid groups (broad SMARTS) is 1. The summed E-state index contributed by atoms with van der Waals surface area (Å²) in [5.74, 6) is -5.16. The molecule has 0 saturated heterocycles. The van der Waals surface area contributed by atoms with Crippen LogP contribution in [0.1, 0.15) is 47.6 Å². The minimum atomic E-state index is -1.27. The van der Waals surface area contributed by atoms with Gasteiger partial charge in [0.1, 0.15) is 29.2 Å². The monoisotopic (exact) mass is 536 g/mol. The summed E-state index contributed by atoms with van der Waals surface area (Å²) < 4.78 is 21.5. The largest absolute Gasteiger partial charge is 0.476 e. The number of aromatic nitrogens is 2. The van der Waals surface area contributed by atoms with Crippen LogP contribution in [-0.4, -0.2) is 32.5 Å². The first-order valence-corrected chi connectivity index (χ1v) is 12.3. The molecule has 0 spiro atoms. The average molecular weight is 537 g/mol. The Morgan fingerprint density at radius 2 is 1.82 bits per heavy atom. The molecule has 0 saturated carbocycles. The van der Waals surface area contributed by atoms with Gasteiger partial charge in [-0.1, -0.05) is 44.2 Å². The predicted octanol–water partition coefficient (Wildman–Crippen LogP) is 4.55. The molecule has 0 fully saturated rings. The van der Waals surface area contributed by atoms with Gasteiger partial charge in [0.2, 0.25) is 11.8 Å². The van der Waals surface area contributed by atoms with Gasteiger partial charge in [0.15, 0.2) is 5.69 Å². The van der Waals surface area contributed by atoms with Gasteiger partial charge >= 0.3 is 11.9 Å². The van der Waals surface area contributed by atoms with Gasteiger partial charge in [-0.3, -0.25) is 4.79 Å². The number of halogens is 1. The zero-order valence-corrected chi connectivity index (χ0v) is 21.9. The fourth-order valence-electron chi connectivity index (χ4n) is 4.43. The van der Waals surface area contributed by atoms with Gasteiger partial charge in [-0.15, -0.1) is 0 Å². The zero-order valence-electron chi connectivity index (χ0n) is 21.9. The van der Waals surface area contributed by atoms with Gasteiger partial charge in [0.25, 0.3) is 0 Å². The molecule has 39 heavy (non-hydrogen) atoms. The van der Waals surface area contributed by atoms with Crippen LogP contribution in [0.15, 0.2) is 59.1 Å². The van der Waals surface area contributed by atoms with Crippen molar-refractivity contribution >= 4 is 34.4 Å². The second-order valence-corrected chi connectivity index (χ2v) is 9.53. The summed E-state index contributed by atoms with van der Waals surface area (Å²) in [7, 11) is 1.89. The molecular weight excluding hydrogens is 507 g/mol. The Labute approximate surface area is 223 Å². The maximum absolute atomic E-state index is 13.9. The highest BCUT2D eigenvalue weighted by atomic mass is 19.1. The molecule has 0 radical (unpaired) electrons. The number of aromatic carboxylic acids is 1. The summed E-state index contributed by atoms with van der Waals surface area (Å²) in [6, 6.07) is 12.4. The number of anilines is 1. The van der Waals surface area contributed by atoms with Crippen LogP contribution in [-0.2, 0) is 27.9 Å². The van der Waals surface area contributed by atoms with E-state index in [2.05, 4.69) is 15.8 Å². The van der Waals surface area contributed by atoms with Crippen molar-refractivity contribution in [2.45, 2.75) is 33.2 Å². The highest BCUT2D eigenvalue weighted by Gasteiger charge is 2.35. The van der Waals surface area contributed by atoms with Crippen molar-refractivity contribution in [3.8, 4) is 0 Å². The fraction of sp³-hybridized carbons (Fsp3) is 0.286. The maximum atomic E-state index is 13.9. The number of oxazole rings is 1. The minimum absolute atomic E-state index is 0.00783. The van der Waals surface area contributed by atoms with Crippen LogP contribution in [0.4, 0.5) is 10.1 Å². The van der Waals surface area contributed by atoms with Crippen LogP contribution in [0.2, 0.25) is 0 Å². The molecule has 11 heteroatoms. The van der Waals surface area contributed by atoms with Crippen molar-refractivity contribution < 1.29 is 33.1 Å². The van der Waals surface area contributed by atoms with E-state index >= 15 is 0 Å². The van der Waals surface area contributed by atoms with E-state index < -0.39 is 41.5 Å². The molecule has 2 atom stereocenters. The predicted molar refractivity (Wildman–Crippen MR) is 140 cm³/mol. The van der Waals surface area contributed by atoms with Gasteiger partial charge in [-0.25, -0.2) is 24.4 Å². The summed E-state index contributed by atoms with van der Waals surface area (Å²) in [5.41, 5.74) is 3.77. The molecule has 10 nitrogen and oxygen atoms in total. The van der Waals surface area contributed by atoms with E-state index in [1.165, 1.54) is 25.1 Å². The summed E-state index contributed by atoms with van der Waals surface area (Å²) in [4.78, 5) is 47.2. The van der Waals surface area contributed by atoms with Crippen LogP contribution in [0.5, 0.6) is 0 Å². The summed E-state index contributed by atoms with van der Waals surface area (Å²) >= 11 is 0. The maximum Gasteiger partial charge on any atom is 0.358 e. The number of hydrogen-bond donors (Lipinski definition) is 3. The Bertz CT molecular complexity index is 1530. The first kappa shape index (κ1) is 27.4. The van der Waals surface area contributed by atoms with Crippen LogP contribution in [0, 0.1) is 24.6 Å². The molecule has 0 bridgehead atoms. The Morgan fingerprint density at radius 3 is 2.49 bits per heavy atom. The van der Waals surface area contributed by atoms with E-state index in [1.54, 1.807) is 19.9 Å². The van der Waals surface area contributed by atoms with Crippen LogP contribution in [0.3, 0.4) is 0 Å². The summed E-state index contributed by atoms with van der Waals surface area (Å²) in [6.45, 7) is 4.82. The molecule has 4 aromatic rings. The highest BCUT2D eigenvalue weighted by molar-refractivity contribution is 5.98. The lowest BCUT2D eigenvalue weighted by Crippen LogP contribution is -2.42. The van der Waals surface area contributed by atoms with Gasteiger partial charge in [-0.05, 0) is 36.6 Å². The number of benzene rings is 2. The topological polar surface area (TPSA) is 136 Å². The van der Waals surface area contributed by atoms with E-state index in [0.29, 0.717) is 0 Å². The quantitative estimate of drug-likeness (QED) is 0.198. The number of amides is 1. The van der Waals surface area contributed by atoms with Crippen molar-refractivity contribution in [3.63, 3.8) is 0 Å². The molecular formula is C28H29FN4O6. The number of carboxylic acids is 1. The Morgan fingerprint density at radius 1 is 1.13 bits per heavy atom. The molecule has 2 heterocycles. The Balaban J connectivity index is 1.62. The molecule has 1 amide bonds. The lowest BCUT2D eigenvalue weighted by atomic mass is 9.94. The lowest BCUT2D eigenvalue weighted by Gasteiger charge is -2.22. The van der Waals surface area contributed by atoms with Crippen LogP contribution < -0.4 is 10.8 Å². The number of hydrogen-bond acceptors (Lipinski definition) is 7. The Hall–Kier alpha value is -4.67. The highest BCUT2D eigenvalue weighted by Crippen LogP contribution is 2.28. The summed E-state index contributed by atoms with van der Waals surface area (Å²) in [5, 5.41) is 13.2. The molecule has 0 unspecified atom stereocenters. The molecule has 204 valence electrons. The van der Waals surface area contributed by atoms with E-state index in [9.17, 15) is 23.9 Å². The number of aryl methyl sites for hydroxylation is 2. The molecule has 3 N–H and O–H groups in total. The second-order valence-electron chi connectivity index (χ2n) is 9.53. The van der Waals surface area contributed by atoms with Gasteiger partial charge < -0.3 is 24.2 Å². The van der Waals surface area contributed by atoms with Crippen molar-refractivity contribution in [2.75, 3.05) is 5.48 Å². The van der Waals surface area contributed by atoms with Crippen molar-refractivity contribution in [1.82, 2.24) is 14.9 Å². The normalized spacial score (nSPS) is 12.8. The van der Waals surface area contributed by atoms with Crippen molar-refractivity contribution in [3.05, 3.63) is 83.5 Å². The summed E-state index contributed by atoms with van der Waals surface area (Å²) in [6.07, 6.45) is 2.11. The smallest absolute Gasteiger partial charge is 0.358 e. The lowest BCUT2D eigenvalue weighted by molar-refractivity contribution is -0.152. The number of para-hydroxylation sites is 2. The van der Waals surface area contributed by atoms with Crippen molar-refractivity contribution in [2.24, 2.45) is 18.9 Å². The fourth-order valence-corrected chi connectivity index (χ4v) is 4.43. The van der Waals surface area contributed by atoms with Gasteiger partial charge in [0.05, 0.1) is 0 Å². The van der Waals surface area contributed by atoms with Gasteiger partial charge in [0, 0.05) is 30.6 Å². The van der Waals surface area contributed by atoms with E-state index in [-0.39, 0.29) is 29.5 Å². The van der Waals surface area contributed by atoms with E-state index in [0.717, 1.165) is 16.5 Å². The van der Waals surface area contributed by atoms with Crippen molar-refractivity contribution in [1.29, 1.82) is 0 Å². The molecule has 2 aromatic heterocycles. The number of carbonyl (C=O) groups excluding carboxylic acids is 2. The SMILES string of the molecule is Cc1oc([C@@H](Cc2cn(C)c3ccccc23)NC(=O)[C@@H](C(=O)ONc2ccccc2F)C(C)C)nc1C(=O)O. The number of carbonyl (C=O) groups is 3. The number of fused-ring (bicyclic) bond motifs is 1. The van der Waals surface area contributed by atoms with Crippen LogP contribution in [0.25, 0.3) is 10.9 Å². The van der Waals surface area contributed by atoms with E-state index in [4.69, 9.17) is 9.25 Å². The average Bonchev–Trinajstić information content (AvgIpc) is 3.43.